The molecule has 0 spiro atoms. The standard InChI is InChI=1S/C13H13ClN2O/c1-2-13(17)11-7-15-16(9-11)8-10-3-5-12(14)6-4-10/h3-7,9H,2,8H2,1H3. The maximum atomic E-state index is 11.5. The monoisotopic (exact) mass is 248 g/mol. The van der Waals surface area contributed by atoms with E-state index < -0.39 is 0 Å². The van der Waals surface area contributed by atoms with Gasteiger partial charge in [-0.05, 0) is 17.7 Å². The van der Waals surface area contributed by atoms with E-state index in [0.717, 1.165) is 10.6 Å². The number of hydrogen-bond donors (Lipinski definition) is 0. The first-order valence-corrected chi connectivity index (χ1v) is 5.87. The molecular formula is C13H13ClN2O. The van der Waals surface area contributed by atoms with Gasteiger partial charge in [0.1, 0.15) is 0 Å². The van der Waals surface area contributed by atoms with Crippen molar-refractivity contribution in [3.63, 3.8) is 0 Å². The van der Waals surface area contributed by atoms with Crippen molar-refractivity contribution in [2.75, 3.05) is 0 Å². The van der Waals surface area contributed by atoms with Gasteiger partial charge in [0.15, 0.2) is 5.78 Å². The maximum Gasteiger partial charge on any atom is 0.165 e. The highest BCUT2D eigenvalue weighted by molar-refractivity contribution is 6.30. The van der Waals surface area contributed by atoms with Gasteiger partial charge in [-0.25, -0.2) is 0 Å². The Balaban J connectivity index is 2.11. The van der Waals surface area contributed by atoms with E-state index in [4.69, 9.17) is 11.6 Å². The second-order valence-electron chi connectivity index (χ2n) is 3.83. The minimum absolute atomic E-state index is 0.118. The smallest absolute Gasteiger partial charge is 0.165 e. The highest BCUT2D eigenvalue weighted by atomic mass is 35.5. The summed E-state index contributed by atoms with van der Waals surface area (Å²) >= 11 is 5.81. The average Bonchev–Trinajstić information content (AvgIpc) is 2.80. The molecule has 0 aliphatic rings. The summed E-state index contributed by atoms with van der Waals surface area (Å²) < 4.78 is 1.76. The first-order valence-electron chi connectivity index (χ1n) is 5.49. The molecule has 0 saturated heterocycles. The summed E-state index contributed by atoms with van der Waals surface area (Å²) in [6, 6.07) is 7.59. The molecule has 0 fully saturated rings. The Hall–Kier alpha value is -1.61. The molecule has 0 atom stereocenters. The van der Waals surface area contributed by atoms with Gasteiger partial charge in [-0.15, -0.1) is 0 Å². The summed E-state index contributed by atoms with van der Waals surface area (Å²) in [5.41, 5.74) is 1.77. The lowest BCUT2D eigenvalue weighted by Crippen LogP contribution is -2.00. The first kappa shape index (κ1) is 11.9. The predicted octanol–water partition coefficient (Wildman–Crippen LogP) is 3.18. The third kappa shape index (κ3) is 2.94. The molecule has 0 aliphatic heterocycles. The van der Waals surface area contributed by atoms with Crippen LogP contribution in [0.4, 0.5) is 0 Å². The number of nitrogens with zero attached hydrogens (tertiary/aromatic N) is 2. The third-order valence-corrected chi connectivity index (χ3v) is 2.79. The van der Waals surface area contributed by atoms with E-state index in [1.807, 2.05) is 31.2 Å². The van der Waals surface area contributed by atoms with Gasteiger partial charge in [0.05, 0.1) is 18.3 Å². The van der Waals surface area contributed by atoms with E-state index in [2.05, 4.69) is 5.10 Å². The molecule has 1 aromatic carbocycles. The Bertz CT molecular complexity index is 516. The molecule has 0 N–H and O–H groups in total. The first-order chi connectivity index (χ1) is 8.19. The van der Waals surface area contributed by atoms with Gasteiger partial charge in [-0.2, -0.15) is 5.10 Å². The lowest BCUT2D eigenvalue weighted by Gasteiger charge is -2.01. The number of Topliss-reactive ketones (excluding diaryl/α,β-unsaturated/α-hetero) is 1. The maximum absolute atomic E-state index is 11.5. The molecule has 3 nitrogen and oxygen atoms in total. The normalized spacial score (nSPS) is 10.5. The fourth-order valence-corrected chi connectivity index (χ4v) is 1.70. The number of halogens is 1. The highest BCUT2D eigenvalue weighted by Crippen LogP contribution is 2.11. The topological polar surface area (TPSA) is 34.9 Å². The number of ketones is 1. The highest BCUT2D eigenvalue weighted by Gasteiger charge is 2.06. The Morgan fingerprint density at radius 1 is 1.35 bits per heavy atom. The van der Waals surface area contributed by atoms with Crippen LogP contribution in [0.1, 0.15) is 29.3 Å². The molecule has 0 saturated carbocycles. The Morgan fingerprint density at radius 3 is 2.71 bits per heavy atom. The lowest BCUT2D eigenvalue weighted by atomic mass is 10.2. The molecule has 2 rings (SSSR count). The van der Waals surface area contributed by atoms with Crippen LogP contribution in [0.2, 0.25) is 5.02 Å². The van der Waals surface area contributed by atoms with E-state index in [1.165, 1.54) is 0 Å². The van der Waals surface area contributed by atoms with Gasteiger partial charge >= 0.3 is 0 Å². The largest absolute Gasteiger partial charge is 0.294 e. The van der Waals surface area contributed by atoms with Crippen molar-refractivity contribution in [2.24, 2.45) is 0 Å². The molecule has 0 bridgehead atoms. The number of rotatable bonds is 4. The Labute approximate surface area is 105 Å². The zero-order valence-corrected chi connectivity index (χ0v) is 10.3. The SMILES string of the molecule is CCC(=O)c1cnn(Cc2ccc(Cl)cc2)c1. The van der Waals surface area contributed by atoms with Crippen LogP contribution in [-0.2, 0) is 6.54 Å². The summed E-state index contributed by atoms with van der Waals surface area (Å²) in [7, 11) is 0. The van der Waals surface area contributed by atoms with Crippen LogP contribution in [0.25, 0.3) is 0 Å². The number of aromatic nitrogens is 2. The Morgan fingerprint density at radius 2 is 2.06 bits per heavy atom. The van der Waals surface area contributed by atoms with E-state index in [9.17, 15) is 4.79 Å². The molecule has 0 unspecified atom stereocenters. The van der Waals surface area contributed by atoms with E-state index >= 15 is 0 Å². The zero-order chi connectivity index (χ0) is 12.3. The molecule has 17 heavy (non-hydrogen) atoms. The molecule has 0 radical (unpaired) electrons. The predicted molar refractivity (Wildman–Crippen MR) is 67.4 cm³/mol. The molecule has 4 heteroatoms. The van der Waals surface area contributed by atoms with E-state index in [0.29, 0.717) is 18.5 Å². The molecule has 0 amide bonds. The number of benzene rings is 1. The Kier molecular flexibility index (Phi) is 3.59. The van der Waals surface area contributed by atoms with Crippen molar-refractivity contribution in [3.8, 4) is 0 Å². The number of hydrogen-bond acceptors (Lipinski definition) is 2. The fraction of sp³-hybridized carbons (Fsp3) is 0.231. The lowest BCUT2D eigenvalue weighted by molar-refractivity contribution is 0.0988. The minimum Gasteiger partial charge on any atom is -0.294 e. The van der Waals surface area contributed by atoms with Gasteiger partial charge in [-0.3, -0.25) is 9.48 Å². The summed E-state index contributed by atoms with van der Waals surface area (Å²) in [5.74, 6) is 0.118. The van der Waals surface area contributed by atoms with Crippen molar-refractivity contribution < 1.29 is 4.79 Å². The molecule has 1 aromatic heterocycles. The van der Waals surface area contributed by atoms with Gasteiger partial charge in [0.2, 0.25) is 0 Å². The van der Waals surface area contributed by atoms with Crippen molar-refractivity contribution >= 4 is 17.4 Å². The minimum atomic E-state index is 0.118. The molecule has 88 valence electrons. The van der Waals surface area contributed by atoms with Crippen LogP contribution in [0, 0.1) is 0 Å². The molecule has 0 aliphatic carbocycles. The molecule has 2 aromatic rings. The van der Waals surface area contributed by atoms with Crippen molar-refractivity contribution in [1.82, 2.24) is 9.78 Å². The van der Waals surface area contributed by atoms with Gasteiger partial charge in [-0.1, -0.05) is 30.7 Å². The van der Waals surface area contributed by atoms with Crippen LogP contribution in [0.3, 0.4) is 0 Å². The summed E-state index contributed by atoms with van der Waals surface area (Å²) in [4.78, 5) is 11.5. The van der Waals surface area contributed by atoms with E-state index in [1.54, 1.807) is 17.1 Å². The number of carbonyl (C=O) groups excluding carboxylic acids is 1. The van der Waals surface area contributed by atoms with Gasteiger partial charge in [0, 0.05) is 17.6 Å². The quantitative estimate of drug-likeness (QED) is 0.779. The van der Waals surface area contributed by atoms with Crippen LogP contribution < -0.4 is 0 Å². The van der Waals surface area contributed by atoms with E-state index in [-0.39, 0.29) is 5.78 Å². The summed E-state index contributed by atoms with van der Waals surface area (Å²) in [6.07, 6.45) is 3.90. The van der Waals surface area contributed by atoms with Crippen molar-refractivity contribution in [2.45, 2.75) is 19.9 Å². The average molecular weight is 249 g/mol. The number of carbonyl (C=O) groups is 1. The van der Waals surface area contributed by atoms with Gasteiger partial charge < -0.3 is 0 Å². The van der Waals surface area contributed by atoms with Crippen LogP contribution in [0.15, 0.2) is 36.7 Å². The van der Waals surface area contributed by atoms with Crippen molar-refractivity contribution in [3.05, 3.63) is 52.8 Å². The summed E-state index contributed by atoms with van der Waals surface area (Å²) in [5, 5.41) is 4.88. The zero-order valence-electron chi connectivity index (χ0n) is 9.56. The van der Waals surface area contributed by atoms with Crippen LogP contribution >= 0.6 is 11.6 Å². The molecular weight excluding hydrogens is 236 g/mol. The van der Waals surface area contributed by atoms with Crippen molar-refractivity contribution in [1.29, 1.82) is 0 Å². The molecule has 1 heterocycles. The van der Waals surface area contributed by atoms with Crippen LogP contribution in [-0.4, -0.2) is 15.6 Å². The second-order valence-corrected chi connectivity index (χ2v) is 4.27. The third-order valence-electron chi connectivity index (χ3n) is 2.53. The van der Waals surface area contributed by atoms with Crippen LogP contribution in [0.5, 0.6) is 0 Å². The fourth-order valence-electron chi connectivity index (χ4n) is 1.58. The second kappa shape index (κ2) is 5.15. The van der Waals surface area contributed by atoms with Gasteiger partial charge in [0.25, 0.3) is 0 Å². The summed E-state index contributed by atoms with van der Waals surface area (Å²) in [6.45, 7) is 2.49.